The van der Waals surface area contributed by atoms with Gasteiger partial charge in [0.2, 0.25) is 5.43 Å². The van der Waals surface area contributed by atoms with Crippen LogP contribution in [0.4, 0.5) is 5.69 Å². The molecule has 0 unspecified atom stereocenters. The Hall–Kier alpha value is -3.75. The zero-order valence-electron chi connectivity index (χ0n) is 19.2. The second-order valence-corrected chi connectivity index (χ2v) is 9.90. The molecule has 7 nitrogen and oxygen atoms in total. The number of thiazole rings is 1. The molecule has 1 saturated heterocycles. The molecule has 0 aliphatic carbocycles. The third-order valence-corrected chi connectivity index (χ3v) is 7.81. The minimum absolute atomic E-state index is 0.175. The highest BCUT2D eigenvalue weighted by atomic mass is 32.1. The molecule has 1 aliphatic heterocycles. The second kappa shape index (κ2) is 8.79. The smallest absolute Gasteiger partial charge is 0.258 e. The van der Waals surface area contributed by atoms with Crippen molar-refractivity contribution in [3.8, 4) is 11.3 Å². The predicted molar refractivity (Wildman–Crippen MR) is 142 cm³/mol. The number of carbonyl (C=O) groups excluding carboxylic acids is 1. The Labute approximate surface area is 205 Å². The Bertz CT molecular complexity index is 1650. The Morgan fingerprint density at radius 1 is 1.03 bits per heavy atom. The van der Waals surface area contributed by atoms with Crippen LogP contribution in [0.15, 0.2) is 65.5 Å². The van der Waals surface area contributed by atoms with Crippen molar-refractivity contribution in [3.63, 3.8) is 0 Å². The van der Waals surface area contributed by atoms with Crippen LogP contribution in [0.25, 0.3) is 37.3 Å². The van der Waals surface area contributed by atoms with Crippen molar-refractivity contribution in [2.24, 2.45) is 0 Å². The van der Waals surface area contributed by atoms with Crippen LogP contribution in [0, 0.1) is 0 Å². The standard InChI is InChI=1S/C27H25N5O2S/c28-19-8-2-1-7-17(19)20-12-11-18-24(33)23(26(34)29-13-16-31-14-5-6-15-31)27-32(25(18)30-20)21-9-3-4-10-22(21)35-27/h1-4,7-12H,5-6,13-16,28H2,(H,29,34). The molecule has 0 bridgehead atoms. The minimum atomic E-state index is -0.337. The summed E-state index contributed by atoms with van der Waals surface area (Å²) in [5, 5.41) is 3.40. The van der Waals surface area contributed by atoms with Gasteiger partial charge in [-0.25, -0.2) is 4.98 Å². The number of nitrogens with zero attached hydrogens (tertiary/aromatic N) is 3. The van der Waals surface area contributed by atoms with Gasteiger partial charge in [0.1, 0.15) is 16.0 Å². The number of nitrogen functional groups attached to an aromatic ring is 1. The van der Waals surface area contributed by atoms with Crippen molar-refractivity contribution in [2.75, 3.05) is 31.9 Å². The summed E-state index contributed by atoms with van der Waals surface area (Å²) in [5.41, 5.74) is 9.62. The lowest BCUT2D eigenvalue weighted by Crippen LogP contribution is -2.35. The number of anilines is 1. The average molecular weight is 484 g/mol. The molecule has 0 atom stereocenters. The number of nitrogens with one attached hydrogen (secondary N) is 1. The number of hydrogen-bond acceptors (Lipinski definition) is 6. The van der Waals surface area contributed by atoms with Gasteiger partial charge in [0.15, 0.2) is 0 Å². The van der Waals surface area contributed by atoms with Crippen LogP contribution < -0.4 is 16.5 Å². The first kappa shape index (κ1) is 21.8. The van der Waals surface area contributed by atoms with Gasteiger partial charge in [-0.1, -0.05) is 30.3 Å². The number of fused-ring (bicyclic) bond motifs is 5. The topological polar surface area (TPSA) is 92.7 Å². The van der Waals surface area contributed by atoms with Crippen LogP contribution in [0.5, 0.6) is 0 Å². The molecule has 0 saturated carbocycles. The van der Waals surface area contributed by atoms with Crippen LogP contribution >= 0.6 is 11.3 Å². The van der Waals surface area contributed by atoms with Gasteiger partial charge >= 0.3 is 0 Å². The molecule has 8 heteroatoms. The number of likely N-dealkylation sites (tertiary alicyclic amines) is 1. The van der Waals surface area contributed by atoms with Gasteiger partial charge in [-0.05, 0) is 56.3 Å². The van der Waals surface area contributed by atoms with E-state index in [0.717, 1.165) is 35.4 Å². The van der Waals surface area contributed by atoms with Gasteiger partial charge in [0, 0.05) is 24.3 Å². The van der Waals surface area contributed by atoms with Crippen molar-refractivity contribution >= 4 is 49.0 Å². The largest absolute Gasteiger partial charge is 0.398 e. The molecule has 4 heterocycles. The van der Waals surface area contributed by atoms with E-state index in [1.807, 2.05) is 52.9 Å². The monoisotopic (exact) mass is 483 g/mol. The van der Waals surface area contributed by atoms with Gasteiger partial charge in [0.25, 0.3) is 5.91 Å². The number of carbonyl (C=O) groups is 1. The number of rotatable bonds is 5. The third-order valence-electron chi connectivity index (χ3n) is 6.66. The Morgan fingerprint density at radius 3 is 2.63 bits per heavy atom. The summed E-state index contributed by atoms with van der Waals surface area (Å²) in [4.78, 5) is 34.8. The van der Waals surface area contributed by atoms with E-state index in [1.54, 1.807) is 12.1 Å². The molecule has 0 spiro atoms. The summed E-state index contributed by atoms with van der Waals surface area (Å²) in [7, 11) is 0. The molecule has 5 aromatic rings. The van der Waals surface area contributed by atoms with Gasteiger partial charge in [0.05, 0.1) is 21.3 Å². The zero-order valence-corrected chi connectivity index (χ0v) is 20.0. The average Bonchev–Trinajstić information content (AvgIpc) is 3.52. The number of aromatic nitrogens is 2. The second-order valence-electron chi connectivity index (χ2n) is 8.87. The fourth-order valence-corrected chi connectivity index (χ4v) is 6.07. The number of para-hydroxylation sites is 2. The molecular weight excluding hydrogens is 458 g/mol. The number of nitrogens with two attached hydrogens (primary N) is 1. The van der Waals surface area contributed by atoms with E-state index in [9.17, 15) is 9.59 Å². The van der Waals surface area contributed by atoms with Crippen molar-refractivity contribution in [1.29, 1.82) is 0 Å². The van der Waals surface area contributed by atoms with E-state index in [0.29, 0.717) is 33.8 Å². The Balaban J connectivity index is 1.52. The van der Waals surface area contributed by atoms with E-state index < -0.39 is 0 Å². The normalized spacial score (nSPS) is 14.3. The highest BCUT2D eigenvalue weighted by Gasteiger charge is 2.23. The lowest BCUT2D eigenvalue weighted by atomic mass is 10.1. The first-order valence-electron chi connectivity index (χ1n) is 11.8. The van der Waals surface area contributed by atoms with Crippen molar-refractivity contribution in [3.05, 3.63) is 76.5 Å². The Morgan fingerprint density at radius 2 is 1.80 bits per heavy atom. The zero-order chi connectivity index (χ0) is 23.9. The first-order chi connectivity index (χ1) is 17.1. The summed E-state index contributed by atoms with van der Waals surface area (Å²) in [6.07, 6.45) is 2.40. The number of hydrogen-bond donors (Lipinski definition) is 2. The number of benzene rings is 2. The number of pyridine rings is 2. The molecule has 3 N–H and O–H groups in total. The molecule has 176 valence electrons. The summed E-state index contributed by atoms with van der Waals surface area (Å²) in [6, 6.07) is 19.0. The maximum Gasteiger partial charge on any atom is 0.258 e. The summed E-state index contributed by atoms with van der Waals surface area (Å²) in [5.74, 6) is -0.337. The van der Waals surface area contributed by atoms with Gasteiger partial charge in [-0.3, -0.25) is 14.0 Å². The summed E-state index contributed by atoms with van der Waals surface area (Å²) >= 11 is 1.44. The van der Waals surface area contributed by atoms with Crippen molar-refractivity contribution in [1.82, 2.24) is 19.6 Å². The SMILES string of the molecule is Nc1ccccc1-c1ccc2c(=O)c(C(=O)NCCN3CCCC3)c3sc4ccccc4n3c2n1. The summed E-state index contributed by atoms with van der Waals surface area (Å²) in [6.45, 7) is 3.43. The molecule has 3 aromatic heterocycles. The van der Waals surface area contributed by atoms with Gasteiger partial charge in [-0.15, -0.1) is 11.3 Å². The van der Waals surface area contributed by atoms with Crippen LogP contribution in [-0.2, 0) is 0 Å². The fourth-order valence-electron chi connectivity index (χ4n) is 4.89. The van der Waals surface area contributed by atoms with E-state index in [2.05, 4.69) is 10.2 Å². The highest BCUT2D eigenvalue weighted by Crippen LogP contribution is 2.32. The van der Waals surface area contributed by atoms with Crippen molar-refractivity contribution < 1.29 is 4.79 Å². The molecule has 2 aromatic carbocycles. The van der Waals surface area contributed by atoms with E-state index in [4.69, 9.17) is 10.7 Å². The van der Waals surface area contributed by atoms with E-state index in [1.165, 1.54) is 24.2 Å². The minimum Gasteiger partial charge on any atom is -0.398 e. The first-order valence-corrected chi connectivity index (χ1v) is 12.7. The van der Waals surface area contributed by atoms with Crippen LogP contribution in [-0.4, -0.2) is 46.4 Å². The van der Waals surface area contributed by atoms with Crippen molar-refractivity contribution in [2.45, 2.75) is 12.8 Å². The maximum atomic E-state index is 13.7. The van der Waals surface area contributed by atoms with Crippen LogP contribution in [0.1, 0.15) is 23.2 Å². The quantitative estimate of drug-likeness (QED) is 0.367. The van der Waals surface area contributed by atoms with Crippen LogP contribution in [0.3, 0.4) is 0 Å². The molecular formula is C27H25N5O2S. The van der Waals surface area contributed by atoms with Crippen LogP contribution in [0.2, 0.25) is 0 Å². The molecule has 0 radical (unpaired) electrons. The fraction of sp³-hybridized carbons (Fsp3) is 0.222. The highest BCUT2D eigenvalue weighted by molar-refractivity contribution is 7.24. The molecule has 1 aliphatic rings. The number of amides is 1. The lowest BCUT2D eigenvalue weighted by Gasteiger charge is -2.15. The third kappa shape index (κ3) is 3.75. The molecule has 1 fully saturated rings. The molecule has 1 amide bonds. The van der Waals surface area contributed by atoms with E-state index >= 15 is 0 Å². The van der Waals surface area contributed by atoms with E-state index in [-0.39, 0.29) is 16.9 Å². The van der Waals surface area contributed by atoms with Gasteiger partial charge in [-0.2, -0.15) is 0 Å². The predicted octanol–water partition coefficient (Wildman–Crippen LogP) is 4.14. The summed E-state index contributed by atoms with van der Waals surface area (Å²) < 4.78 is 2.92. The lowest BCUT2D eigenvalue weighted by molar-refractivity contribution is 0.0950. The molecule has 35 heavy (non-hydrogen) atoms. The molecule has 6 rings (SSSR count). The maximum absolute atomic E-state index is 13.7. The van der Waals surface area contributed by atoms with Gasteiger partial charge < -0.3 is 16.0 Å². The Kier molecular flexibility index (Phi) is 5.47.